The number of benzene rings is 2. The first-order valence-corrected chi connectivity index (χ1v) is 10.3. The van der Waals surface area contributed by atoms with Crippen molar-refractivity contribution < 1.29 is 9.59 Å². The molecule has 154 valence electrons. The number of carbonyl (C=O) groups is 2. The van der Waals surface area contributed by atoms with Gasteiger partial charge in [0.05, 0.1) is 6.04 Å². The third kappa shape index (κ3) is 4.97. The quantitative estimate of drug-likeness (QED) is 0.813. The Hall–Kier alpha value is -2.82. The first-order valence-electron chi connectivity index (χ1n) is 10.3. The van der Waals surface area contributed by atoms with Crippen LogP contribution in [0.4, 0.5) is 4.79 Å². The number of piperidine rings is 1. The SMILES string of the molecule is CNC(=O)N1CCC[C@H](c2cccc(C(=O)N[C@@H](C)c3ccc(C)cc3C)c2)C1. The number of hydrogen-bond acceptors (Lipinski definition) is 2. The van der Waals surface area contributed by atoms with E-state index in [-0.39, 0.29) is 23.9 Å². The van der Waals surface area contributed by atoms with Gasteiger partial charge in [-0.3, -0.25) is 4.79 Å². The number of likely N-dealkylation sites (tertiary alicyclic amines) is 1. The highest BCUT2D eigenvalue weighted by Crippen LogP contribution is 2.28. The minimum Gasteiger partial charge on any atom is -0.346 e. The van der Waals surface area contributed by atoms with Crippen molar-refractivity contribution in [3.8, 4) is 0 Å². The normalized spacial score (nSPS) is 17.5. The zero-order valence-electron chi connectivity index (χ0n) is 17.8. The summed E-state index contributed by atoms with van der Waals surface area (Å²) >= 11 is 0. The maximum atomic E-state index is 12.9. The molecular formula is C24H31N3O2. The number of carbonyl (C=O) groups excluding carboxylic acids is 2. The van der Waals surface area contributed by atoms with Crippen LogP contribution in [0.2, 0.25) is 0 Å². The van der Waals surface area contributed by atoms with Crippen LogP contribution >= 0.6 is 0 Å². The third-order valence-corrected chi connectivity index (χ3v) is 5.78. The van der Waals surface area contributed by atoms with Gasteiger partial charge in [-0.05, 0) is 62.4 Å². The zero-order valence-corrected chi connectivity index (χ0v) is 17.8. The Morgan fingerprint density at radius 1 is 1.14 bits per heavy atom. The van der Waals surface area contributed by atoms with Gasteiger partial charge in [0.25, 0.3) is 5.91 Å². The number of rotatable bonds is 4. The molecule has 1 heterocycles. The highest BCUT2D eigenvalue weighted by molar-refractivity contribution is 5.94. The molecule has 2 aromatic carbocycles. The standard InChI is InChI=1S/C24H31N3O2/c1-16-10-11-22(17(2)13-16)18(3)26-23(28)20-8-5-7-19(14-20)21-9-6-12-27(15-21)24(29)25-4/h5,7-8,10-11,13-14,18,21H,6,9,12,15H2,1-4H3,(H,25,29)(H,26,28)/t18-,21-/m0/s1. The number of nitrogens with zero attached hydrogens (tertiary/aromatic N) is 1. The summed E-state index contributed by atoms with van der Waals surface area (Å²) in [5.74, 6) is 0.184. The van der Waals surface area contributed by atoms with Gasteiger partial charge in [-0.25, -0.2) is 4.79 Å². The van der Waals surface area contributed by atoms with Crippen molar-refractivity contribution in [3.63, 3.8) is 0 Å². The maximum Gasteiger partial charge on any atom is 0.317 e. The van der Waals surface area contributed by atoms with Crippen LogP contribution in [0.25, 0.3) is 0 Å². The molecule has 1 aliphatic heterocycles. The van der Waals surface area contributed by atoms with Gasteiger partial charge in [-0.2, -0.15) is 0 Å². The van der Waals surface area contributed by atoms with Crippen molar-refractivity contribution in [1.29, 1.82) is 0 Å². The second-order valence-corrected chi connectivity index (χ2v) is 8.02. The van der Waals surface area contributed by atoms with E-state index < -0.39 is 0 Å². The molecule has 1 fully saturated rings. The molecule has 1 aliphatic rings. The Bertz CT molecular complexity index is 893. The predicted molar refractivity (Wildman–Crippen MR) is 116 cm³/mol. The van der Waals surface area contributed by atoms with Crippen LogP contribution in [0.3, 0.4) is 0 Å². The minimum absolute atomic E-state index is 0.0362. The largest absolute Gasteiger partial charge is 0.346 e. The summed E-state index contributed by atoms with van der Waals surface area (Å²) in [6, 6.07) is 14.0. The van der Waals surface area contributed by atoms with Crippen molar-refractivity contribution >= 4 is 11.9 Å². The lowest BCUT2D eigenvalue weighted by atomic mass is 9.89. The average Bonchev–Trinajstić information content (AvgIpc) is 2.73. The summed E-state index contributed by atoms with van der Waals surface area (Å²) in [5.41, 5.74) is 5.31. The molecule has 2 N–H and O–H groups in total. The Morgan fingerprint density at radius 2 is 1.93 bits per heavy atom. The second-order valence-electron chi connectivity index (χ2n) is 8.02. The lowest BCUT2D eigenvalue weighted by Crippen LogP contribution is -2.43. The van der Waals surface area contributed by atoms with Crippen molar-refractivity contribution in [2.24, 2.45) is 0 Å². The number of hydrogen-bond donors (Lipinski definition) is 2. The molecule has 0 aliphatic carbocycles. The average molecular weight is 394 g/mol. The van der Waals surface area contributed by atoms with Gasteiger partial charge in [-0.15, -0.1) is 0 Å². The Balaban J connectivity index is 1.71. The monoisotopic (exact) mass is 393 g/mol. The van der Waals surface area contributed by atoms with Crippen LogP contribution in [-0.2, 0) is 0 Å². The molecule has 3 amide bonds. The van der Waals surface area contributed by atoms with Crippen molar-refractivity contribution in [2.45, 2.75) is 45.6 Å². The molecule has 29 heavy (non-hydrogen) atoms. The minimum atomic E-state index is -0.0710. The Labute approximate surface area is 173 Å². The molecule has 0 saturated carbocycles. The molecule has 2 atom stereocenters. The molecule has 2 aromatic rings. The van der Waals surface area contributed by atoms with E-state index in [1.54, 1.807) is 7.05 Å². The van der Waals surface area contributed by atoms with Gasteiger partial charge in [0.2, 0.25) is 0 Å². The summed E-state index contributed by atoms with van der Waals surface area (Å²) in [4.78, 5) is 26.7. The molecule has 0 bridgehead atoms. The fourth-order valence-corrected chi connectivity index (χ4v) is 4.19. The van der Waals surface area contributed by atoms with Crippen molar-refractivity contribution in [1.82, 2.24) is 15.5 Å². The Kier molecular flexibility index (Phi) is 6.57. The van der Waals surface area contributed by atoms with Crippen LogP contribution in [0.1, 0.15) is 64.3 Å². The summed E-state index contributed by atoms with van der Waals surface area (Å²) in [6.45, 7) is 7.63. The van der Waals surface area contributed by atoms with Crippen LogP contribution in [-0.4, -0.2) is 37.0 Å². The number of aryl methyl sites for hydroxylation is 2. The number of urea groups is 1. The summed E-state index contributed by atoms with van der Waals surface area (Å²) in [7, 11) is 1.66. The fourth-order valence-electron chi connectivity index (χ4n) is 4.19. The molecule has 0 radical (unpaired) electrons. The van der Waals surface area contributed by atoms with E-state index in [0.29, 0.717) is 12.1 Å². The van der Waals surface area contributed by atoms with Gasteiger partial charge < -0.3 is 15.5 Å². The predicted octanol–water partition coefficient (Wildman–Crippen LogP) is 4.31. The van der Waals surface area contributed by atoms with Crippen LogP contribution < -0.4 is 10.6 Å². The third-order valence-electron chi connectivity index (χ3n) is 5.78. The zero-order chi connectivity index (χ0) is 21.0. The van der Waals surface area contributed by atoms with Gasteiger partial charge in [0, 0.05) is 31.6 Å². The number of nitrogens with one attached hydrogen (secondary N) is 2. The van der Waals surface area contributed by atoms with E-state index in [1.807, 2.05) is 30.0 Å². The van der Waals surface area contributed by atoms with Crippen LogP contribution in [0.5, 0.6) is 0 Å². The molecule has 0 spiro atoms. The topological polar surface area (TPSA) is 61.4 Å². The molecule has 5 nitrogen and oxygen atoms in total. The molecule has 1 saturated heterocycles. The second kappa shape index (κ2) is 9.12. The maximum absolute atomic E-state index is 12.9. The van der Waals surface area contributed by atoms with E-state index in [0.717, 1.165) is 30.5 Å². The first-order chi connectivity index (χ1) is 13.9. The van der Waals surface area contributed by atoms with Gasteiger partial charge in [-0.1, -0.05) is 35.9 Å². The fraction of sp³-hybridized carbons (Fsp3) is 0.417. The molecule has 5 heteroatoms. The smallest absolute Gasteiger partial charge is 0.317 e. The first kappa shape index (κ1) is 20.9. The van der Waals surface area contributed by atoms with E-state index in [9.17, 15) is 9.59 Å². The van der Waals surface area contributed by atoms with E-state index in [1.165, 1.54) is 11.1 Å². The Morgan fingerprint density at radius 3 is 2.66 bits per heavy atom. The van der Waals surface area contributed by atoms with Gasteiger partial charge in [0.15, 0.2) is 0 Å². The van der Waals surface area contributed by atoms with Crippen molar-refractivity contribution in [3.05, 3.63) is 70.3 Å². The van der Waals surface area contributed by atoms with Gasteiger partial charge in [0.1, 0.15) is 0 Å². The lowest BCUT2D eigenvalue weighted by Gasteiger charge is -2.32. The molecule has 0 aromatic heterocycles. The highest BCUT2D eigenvalue weighted by Gasteiger charge is 2.24. The van der Waals surface area contributed by atoms with Crippen LogP contribution in [0, 0.1) is 13.8 Å². The van der Waals surface area contributed by atoms with Crippen molar-refractivity contribution in [2.75, 3.05) is 20.1 Å². The van der Waals surface area contributed by atoms with E-state index in [2.05, 4.69) is 48.7 Å². The van der Waals surface area contributed by atoms with Crippen LogP contribution in [0.15, 0.2) is 42.5 Å². The lowest BCUT2D eigenvalue weighted by molar-refractivity contribution is 0.0939. The molecule has 3 rings (SSSR count). The van der Waals surface area contributed by atoms with E-state index in [4.69, 9.17) is 0 Å². The van der Waals surface area contributed by atoms with E-state index >= 15 is 0 Å². The van der Waals surface area contributed by atoms with Gasteiger partial charge >= 0.3 is 6.03 Å². The summed E-state index contributed by atoms with van der Waals surface area (Å²) in [5, 5.41) is 5.83. The summed E-state index contributed by atoms with van der Waals surface area (Å²) < 4.78 is 0. The molecular weight excluding hydrogens is 362 g/mol. The summed E-state index contributed by atoms with van der Waals surface area (Å²) in [6.07, 6.45) is 2.00. The number of amides is 3. The molecule has 0 unspecified atom stereocenters. The highest BCUT2D eigenvalue weighted by atomic mass is 16.2.